The van der Waals surface area contributed by atoms with Crippen molar-refractivity contribution in [3.8, 4) is 11.5 Å². The van der Waals surface area contributed by atoms with E-state index < -0.39 is 0 Å². The van der Waals surface area contributed by atoms with Gasteiger partial charge >= 0.3 is 0 Å². The lowest BCUT2D eigenvalue weighted by molar-refractivity contribution is 0.0635. The van der Waals surface area contributed by atoms with Gasteiger partial charge in [0.1, 0.15) is 0 Å². The Balaban J connectivity index is 1.83. The fourth-order valence-corrected chi connectivity index (χ4v) is 2.60. The summed E-state index contributed by atoms with van der Waals surface area (Å²) in [5.74, 6) is 1.49. The van der Waals surface area contributed by atoms with Crippen LogP contribution in [-0.2, 0) is 0 Å². The molecule has 2 aliphatic heterocycles. The summed E-state index contributed by atoms with van der Waals surface area (Å²) in [6, 6.07) is 5.74. The number of rotatable bonds is 1. The van der Waals surface area contributed by atoms with Gasteiger partial charge in [-0.15, -0.1) is 0 Å². The first-order chi connectivity index (χ1) is 8.75. The van der Waals surface area contributed by atoms with E-state index in [2.05, 4.69) is 6.92 Å². The molecule has 4 heteroatoms. The third kappa shape index (κ3) is 1.92. The molecule has 1 unspecified atom stereocenters. The number of carbonyl (C=O) groups is 1. The number of likely N-dealkylation sites (tertiary alicyclic amines) is 1. The summed E-state index contributed by atoms with van der Waals surface area (Å²) in [6.07, 6.45) is 3.41. The Hall–Kier alpha value is -1.71. The summed E-state index contributed by atoms with van der Waals surface area (Å²) in [7, 11) is 0. The van der Waals surface area contributed by atoms with Crippen LogP contribution < -0.4 is 9.47 Å². The lowest BCUT2D eigenvalue weighted by Crippen LogP contribution is -2.41. The quantitative estimate of drug-likeness (QED) is 0.765. The van der Waals surface area contributed by atoms with E-state index in [9.17, 15) is 4.79 Å². The van der Waals surface area contributed by atoms with Crippen LogP contribution in [-0.4, -0.2) is 30.2 Å². The van der Waals surface area contributed by atoms with Gasteiger partial charge in [-0.1, -0.05) is 0 Å². The summed E-state index contributed by atoms with van der Waals surface area (Å²) < 4.78 is 10.6. The summed E-state index contributed by atoms with van der Waals surface area (Å²) in [5.41, 5.74) is 0.688. The number of nitrogens with zero attached hydrogens (tertiary/aromatic N) is 1. The zero-order chi connectivity index (χ0) is 12.5. The molecular weight excluding hydrogens is 230 g/mol. The van der Waals surface area contributed by atoms with Gasteiger partial charge < -0.3 is 14.4 Å². The Kier molecular flexibility index (Phi) is 2.86. The first kappa shape index (κ1) is 11.4. The molecule has 1 amide bonds. The molecule has 3 rings (SSSR count). The summed E-state index contributed by atoms with van der Waals surface area (Å²) in [6.45, 7) is 3.21. The number of hydrogen-bond acceptors (Lipinski definition) is 3. The monoisotopic (exact) mass is 247 g/mol. The van der Waals surface area contributed by atoms with E-state index in [0.717, 1.165) is 25.1 Å². The molecule has 0 N–H and O–H groups in total. The maximum absolute atomic E-state index is 12.4. The van der Waals surface area contributed by atoms with Crippen molar-refractivity contribution in [3.05, 3.63) is 23.8 Å². The number of hydrogen-bond donors (Lipinski definition) is 0. The van der Waals surface area contributed by atoms with Crippen LogP contribution in [0.25, 0.3) is 0 Å². The molecule has 1 aromatic carbocycles. The molecule has 2 heterocycles. The molecule has 18 heavy (non-hydrogen) atoms. The van der Waals surface area contributed by atoms with Crippen LogP contribution in [0, 0.1) is 0 Å². The number of piperidine rings is 1. The molecule has 1 fully saturated rings. The number of fused-ring (bicyclic) bond motifs is 1. The molecule has 1 atom stereocenters. The van der Waals surface area contributed by atoms with Crippen LogP contribution in [0.5, 0.6) is 11.5 Å². The topological polar surface area (TPSA) is 38.8 Å². The van der Waals surface area contributed by atoms with Gasteiger partial charge in [-0.25, -0.2) is 0 Å². The Labute approximate surface area is 106 Å². The van der Waals surface area contributed by atoms with Gasteiger partial charge in [0.25, 0.3) is 5.91 Å². The average molecular weight is 247 g/mol. The smallest absolute Gasteiger partial charge is 0.254 e. The number of amides is 1. The van der Waals surface area contributed by atoms with Crippen LogP contribution >= 0.6 is 0 Å². The average Bonchev–Trinajstić information content (AvgIpc) is 2.85. The fourth-order valence-electron chi connectivity index (χ4n) is 2.60. The zero-order valence-corrected chi connectivity index (χ0v) is 10.5. The van der Waals surface area contributed by atoms with Gasteiger partial charge in [-0.2, -0.15) is 0 Å². The Bertz CT molecular complexity index is 472. The standard InChI is InChI=1S/C14H17NO3/c1-10-4-2-3-7-15(10)14(16)11-5-6-12-13(8-11)18-9-17-12/h5-6,8,10H,2-4,7,9H2,1H3. The summed E-state index contributed by atoms with van der Waals surface area (Å²) in [4.78, 5) is 14.4. The highest BCUT2D eigenvalue weighted by atomic mass is 16.7. The molecule has 0 radical (unpaired) electrons. The fraction of sp³-hybridized carbons (Fsp3) is 0.500. The van der Waals surface area contributed by atoms with Crippen LogP contribution in [0.1, 0.15) is 36.5 Å². The van der Waals surface area contributed by atoms with Gasteiger partial charge in [-0.3, -0.25) is 4.79 Å². The minimum Gasteiger partial charge on any atom is -0.454 e. The molecule has 0 aromatic heterocycles. The Morgan fingerprint density at radius 3 is 2.94 bits per heavy atom. The SMILES string of the molecule is CC1CCCCN1C(=O)c1ccc2c(c1)OCO2. The van der Waals surface area contributed by atoms with Crippen molar-refractivity contribution >= 4 is 5.91 Å². The van der Waals surface area contributed by atoms with Crippen molar-refractivity contribution in [2.24, 2.45) is 0 Å². The second kappa shape index (κ2) is 4.52. The number of ether oxygens (including phenoxy) is 2. The molecule has 4 nitrogen and oxygen atoms in total. The predicted octanol–water partition coefficient (Wildman–Crippen LogP) is 2.43. The normalized spacial score (nSPS) is 22.1. The largest absolute Gasteiger partial charge is 0.454 e. The van der Waals surface area contributed by atoms with E-state index in [1.165, 1.54) is 6.42 Å². The molecule has 0 spiro atoms. The van der Waals surface area contributed by atoms with E-state index in [-0.39, 0.29) is 12.7 Å². The van der Waals surface area contributed by atoms with Gasteiger partial charge in [-0.05, 0) is 44.4 Å². The zero-order valence-electron chi connectivity index (χ0n) is 10.5. The van der Waals surface area contributed by atoms with E-state index in [1.807, 2.05) is 17.0 Å². The maximum atomic E-state index is 12.4. The van der Waals surface area contributed by atoms with E-state index in [1.54, 1.807) is 6.07 Å². The molecular formula is C14H17NO3. The Morgan fingerprint density at radius 2 is 2.11 bits per heavy atom. The van der Waals surface area contributed by atoms with Gasteiger partial charge in [0.05, 0.1) is 0 Å². The summed E-state index contributed by atoms with van der Waals surface area (Å²) >= 11 is 0. The van der Waals surface area contributed by atoms with E-state index in [4.69, 9.17) is 9.47 Å². The molecule has 0 bridgehead atoms. The van der Waals surface area contributed by atoms with Crippen LogP contribution in [0.4, 0.5) is 0 Å². The minimum absolute atomic E-state index is 0.0977. The first-order valence-corrected chi connectivity index (χ1v) is 6.46. The second-order valence-corrected chi connectivity index (χ2v) is 4.91. The molecule has 96 valence electrons. The molecule has 0 saturated carbocycles. The van der Waals surface area contributed by atoms with Crippen molar-refractivity contribution < 1.29 is 14.3 Å². The predicted molar refractivity (Wildman–Crippen MR) is 66.9 cm³/mol. The number of carbonyl (C=O) groups excluding carboxylic acids is 1. The van der Waals surface area contributed by atoms with Crippen molar-refractivity contribution in [1.29, 1.82) is 0 Å². The van der Waals surface area contributed by atoms with Crippen LogP contribution in [0.3, 0.4) is 0 Å². The van der Waals surface area contributed by atoms with Crippen molar-refractivity contribution in [2.45, 2.75) is 32.2 Å². The molecule has 2 aliphatic rings. The van der Waals surface area contributed by atoms with Crippen molar-refractivity contribution in [2.75, 3.05) is 13.3 Å². The van der Waals surface area contributed by atoms with Gasteiger partial charge in [0.15, 0.2) is 11.5 Å². The van der Waals surface area contributed by atoms with Crippen molar-refractivity contribution in [1.82, 2.24) is 4.90 Å². The Morgan fingerprint density at radius 1 is 1.28 bits per heavy atom. The molecule has 0 aliphatic carbocycles. The van der Waals surface area contributed by atoms with Gasteiger partial charge in [0.2, 0.25) is 6.79 Å². The minimum atomic E-state index is 0.0977. The third-order valence-electron chi connectivity index (χ3n) is 3.68. The highest BCUT2D eigenvalue weighted by Gasteiger charge is 2.25. The lowest BCUT2D eigenvalue weighted by Gasteiger charge is -2.33. The summed E-state index contributed by atoms with van der Waals surface area (Å²) in [5, 5.41) is 0. The molecule has 1 saturated heterocycles. The lowest BCUT2D eigenvalue weighted by atomic mass is 10.0. The highest BCUT2D eigenvalue weighted by molar-refractivity contribution is 5.95. The third-order valence-corrected chi connectivity index (χ3v) is 3.68. The van der Waals surface area contributed by atoms with E-state index >= 15 is 0 Å². The van der Waals surface area contributed by atoms with Crippen molar-refractivity contribution in [3.63, 3.8) is 0 Å². The van der Waals surface area contributed by atoms with Gasteiger partial charge in [0, 0.05) is 18.2 Å². The second-order valence-electron chi connectivity index (χ2n) is 4.91. The van der Waals surface area contributed by atoms with Crippen LogP contribution in [0.2, 0.25) is 0 Å². The molecule has 1 aromatic rings. The first-order valence-electron chi connectivity index (χ1n) is 6.46. The number of benzene rings is 1. The highest BCUT2D eigenvalue weighted by Crippen LogP contribution is 2.33. The maximum Gasteiger partial charge on any atom is 0.254 e. The van der Waals surface area contributed by atoms with Crippen LogP contribution in [0.15, 0.2) is 18.2 Å². The van der Waals surface area contributed by atoms with E-state index in [0.29, 0.717) is 17.4 Å².